The quantitative estimate of drug-likeness (QED) is 0.107. The molecule has 0 saturated heterocycles. The highest BCUT2D eigenvalue weighted by atomic mass is 15.2. The molecule has 12 heteroatoms. The van der Waals surface area contributed by atoms with Crippen molar-refractivity contribution in [1.29, 1.82) is 0 Å². The Morgan fingerprint density at radius 1 is 0.301 bits per heavy atom. The molecular weight excluding hydrogens is 1620 g/mol. The van der Waals surface area contributed by atoms with Gasteiger partial charge in [0.1, 0.15) is 5.52 Å². The zero-order chi connectivity index (χ0) is 91.0. The number of rotatable bonds is 13. The molecular formula is C121H108B2N10. The van der Waals surface area contributed by atoms with Crippen LogP contribution in [0.1, 0.15) is 159 Å². The molecule has 4 aromatic heterocycles. The Bertz CT molecular complexity index is 8040. The van der Waals surface area contributed by atoms with Gasteiger partial charge in [0, 0.05) is 84.8 Å². The topological polar surface area (TPSA) is 57.4 Å². The van der Waals surface area contributed by atoms with E-state index in [9.17, 15) is 0 Å². The zero-order valence-electron chi connectivity index (χ0n) is 78.8. The fourth-order valence-electron chi connectivity index (χ4n) is 23.0. The molecule has 16 aromatic carbocycles. The van der Waals surface area contributed by atoms with E-state index in [1.54, 1.807) is 0 Å². The average molecular weight is 1720 g/mol. The van der Waals surface area contributed by atoms with E-state index in [0.29, 0.717) is 0 Å². The van der Waals surface area contributed by atoms with E-state index in [1.165, 1.54) is 99.8 Å². The molecule has 0 amide bonds. The molecule has 0 aliphatic carbocycles. The van der Waals surface area contributed by atoms with E-state index in [-0.39, 0.29) is 29.7 Å². The molecule has 24 rings (SSSR count). The van der Waals surface area contributed by atoms with Gasteiger partial charge in [-0.2, -0.15) is 0 Å². The number of nitrogens with zero attached hydrogens (tertiary/aromatic N) is 10. The molecule has 10 nitrogen and oxygen atoms in total. The van der Waals surface area contributed by atoms with Crippen LogP contribution < -0.4 is 52.4 Å². The lowest BCUT2D eigenvalue weighted by Crippen LogP contribution is -2.64. The third kappa shape index (κ3) is 12.7. The number of fused-ring (bicyclic) bond motifs is 19. The maximum absolute atomic E-state index is 6.10. The number of imidazole rings is 4. The van der Waals surface area contributed by atoms with Crippen molar-refractivity contribution in [2.75, 3.05) is 19.6 Å². The fraction of sp³-hybridized carbons (Fsp3) is 0.190. The minimum absolute atomic E-state index is 0.0325. The lowest BCUT2D eigenvalue weighted by Gasteiger charge is -2.46. The summed E-state index contributed by atoms with van der Waals surface area (Å²) in [5.41, 5.74) is 43.3. The Kier molecular flexibility index (Phi) is 18.1. The van der Waals surface area contributed by atoms with Gasteiger partial charge in [-0.3, -0.25) is 17.9 Å². The largest absolute Gasteiger partial charge is 0.311 e. The molecule has 4 aliphatic heterocycles. The first-order chi connectivity index (χ1) is 64.0. The molecule has 0 spiro atoms. The van der Waals surface area contributed by atoms with Gasteiger partial charge in [-0.05, 0) is 288 Å². The average Bonchev–Trinajstić information content (AvgIpc) is 1.67. The molecule has 0 N–H and O–H groups in total. The molecule has 133 heavy (non-hydrogen) atoms. The first-order valence-electron chi connectivity index (χ1n) is 47.4. The van der Waals surface area contributed by atoms with Gasteiger partial charge in [0.15, 0.2) is 0 Å². The highest BCUT2D eigenvalue weighted by molar-refractivity contribution is 7.00. The van der Waals surface area contributed by atoms with Gasteiger partial charge in [-0.1, -0.05) is 291 Å². The molecule has 0 saturated carbocycles. The molecule has 8 heterocycles. The van der Waals surface area contributed by atoms with Gasteiger partial charge in [0.2, 0.25) is 25.0 Å². The van der Waals surface area contributed by atoms with Crippen LogP contribution in [0.3, 0.4) is 0 Å². The summed E-state index contributed by atoms with van der Waals surface area (Å²) in [5, 5.41) is 0. The van der Waals surface area contributed by atoms with Crippen molar-refractivity contribution in [3.8, 4) is 11.4 Å². The van der Waals surface area contributed by atoms with Crippen LogP contribution in [0.5, 0.6) is 0 Å². The van der Waals surface area contributed by atoms with Crippen LogP contribution in [0.15, 0.2) is 352 Å². The van der Waals surface area contributed by atoms with E-state index < -0.39 is 16.2 Å². The summed E-state index contributed by atoms with van der Waals surface area (Å²) in [5.74, 6) is 1.75. The highest BCUT2D eigenvalue weighted by Crippen LogP contribution is 2.52. The number of anilines is 12. The van der Waals surface area contributed by atoms with E-state index in [2.05, 4.69) is 500 Å². The number of hydrogen-bond acceptors (Lipinski definition) is 6. The van der Waals surface area contributed by atoms with Gasteiger partial charge >= 0.3 is 0 Å². The van der Waals surface area contributed by atoms with Gasteiger partial charge in [-0.25, -0.2) is 9.97 Å². The SMILES string of the molecule is Cc1cc2c3c(c1)C(C)(C)c1cc(N(c4ccccc4)c4ccccc4)ccc1B3c1cc3c(cc1N2c1ccc(C(C)(C)C)cc1)n1c2ccccc2nc1n3-c1ccc(CC(C)(C)c2cc3c4c(c2)C(C)(C)c2cc(N(c5ccccc5)c5ccccc5)ccc2B4c2ccc4c(nc5n(-c6ccccc6)c6ccc(C(C)(C)C)cc6n45)c2N3c2ccc(C(C)(C)C)cc2)cc1. The Morgan fingerprint density at radius 2 is 0.737 bits per heavy atom. The number of para-hydroxylation sites is 7. The standard InChI is InChI=1S/C121H108B2N10/c1-76-66-94-110-108(67-76)128(87-55-48-78(49-56-87)116(2,3)4)104-74-107-106(73-99(104)123(110)97-62-60-91(72-93(97)120(94,13)14)127(84-38-26-19-27-39-84)85-40-28-20-29-41-85)131(114-124-100-44-32-33-45-101(100)132(107)114)89-53-46-77(47-54-89)75-119(11,12)81-68-95-111-109(70-81)129(88-57-50-79(51-58-88)117(5,6)7)113-98(122(111)96-61-59-90(71-92(96)121(95,15)16)126(82-34-22-17-23-35-82)83-36-24-18-25-37-83)63-65-103-112(113)125-115-130(86-42-30-21-31-43-86)102-64-52-80(118(8,9)10)69-105(102)133(103)115/h17-74H,75H2,1-16H3. The van der Waals surface area contributed by atoms with Crippen LogP contribution in [0.4, 0.5) is 68.2 Å². The lowest BCUT2D eigenvalue weighted by atomic mass is 9.30. The highest BCUT2D eigenvalue weighted by Gasteiger charge is 2.51. The molecule has 20 aromatic rings. The lowest BCUT2D eigenvalue weighted by molar-refractivity contribution is 0.519. The van der Waals surface area contributed by atoms with Crippen LogP contribution in [0.2, 0.25) is 0 Å². The second-order valence-corrected chi connectivity index (χ2v) is 42.6. The minimum Gasteiger partial charge on any atom is -0.311 e. The number of hydrogen-bond donors (Lipinski definition) is 0. The maximum atomic E-state index is 6.10. The molecule has 0 unspecified atom stereocenters. The van der Waals surface area contributed by atoms with Crippen LogP contribution in [0.25, 0.3) is 67.1 Å². The van der Waals surface area contributed by atoms with Crippen molar-refractivity contribution < 1.29 is 0 Å². The number of aromatic nitrogens is 6. The van der Waals surface area contributed by atoms with E-state index in [4.69, 9.17) is 9.97 Å². The summed E-state index contributed by atoms with van der Waals surface area (Å²) in [6.45, 7) is 37.7. The third-order valence-corrected chi connectivity index (χ3v) is 29.9. The molecule has 648 valence electrons. The first-order valence-corrected chi connectivity index (χ1v) is 47.4. The Morgan fingerprint density at radius 3 is 1.29 bits per heavy atom. The van der Waals surface area contributed by atoms with Crippen LogP contribution in [0, 0.1) is 6.92 Å². The Hall–Kier alpha value is -14.6. The number of benzene rings is 16. The van der Waals surface area contributed by atoms with E-state index in [1.807, 2.05) is 0 Å². The second kappa shape index (κ2) is 29.4. The van der Waals surface area contributed by atoms with Crippen LogP contribution in [-0.4, -0.2) is 41.3 Å². The summed E-state index contributed by atoms with van der Waals surface area (Å²) in [6, 6.07) is 133. The predicted octanol–water partition coefficient (Wildman–Crippen LogP) is 26.7. The summed E-state index contributed by atoms with van der Waals surface area (Å²) < 4.78 is 9.71. The monoisotopic (exact) mass is 1720 g/mol. The predicted molar refractivity (Wildman–Crippen MR) is 562 cm³/mol. The van der Waals surface area contributed by atoms with Gasteiger partial charge in [-0.15, -0.1) is 0 Å². The summed E-state index contributed by atoms with van der Waals surface area (Å²) >= 11 is 0. The van der Waals surface area contributed by atoms with Gasteiger partial charge in [0.05, 0.1) is 44.3 Å². The molecule has 0 radical (unpaired) electrons. The molecule has 4 aliphatic rings. The van der Waals surface area contributed by atoms with Crippen molar-refractivity contribution >= 4 is 170 Å². The van der Waals surface area contributed by atoms with Crippen molar-refractivity contribution in [2.45, 2.75) is 150 Å². The first kappa shape index (κ1) is 81.6. The van der Waals surface area contributed by atoms with E-state index >= 15 is 0 Å². The normalized spacial score (nSPS) is 14.3. The fourth-order valence-corrected chi connectivity index (χ4v) is 23.0. The van der Waals surface area contributed by atoms with Gasteiger partial charge in [0.25, 0.3) is 0 Å². The van der Waals surface area contributed by atoms with Crippen LogP contribution in [-0.2, 0) is 38.9 Å². The molecule has 0 atom stereocenters. The van der Waals surface area contributed by atoms with Crippen molar-refractivity contribution in [3.63, 3.8) is 0 Å². The van der Waals surface area contributed by atoms with Gasteiger partial charge < -0.3 is 19.6 Å². The minimum atomic E-state index is -0.502. The summed E-state index contributed by atoms with van der Waals surface area (Å²) in [7, 11) is 0. The summed E-state index contributed by atoms with van der Waals surface area (Å²) in [6.07, 6.45) is 0.753. The second-order valence-electron chi connectivity index (χ2n) is 42.6. The smallest absolute Gasteiger partial charge is 0.247 e. The third-order valence-electron chi connectivity index (χ3n) is 29.9. The zero-order valence-corrected chi connectivity index (χ0v) is 78.8. The van der Waals surface area contributed by atoms with Crippen LogP contribution >= 0.6 is 0 Å². The van der Waals surface area contributed by atoms with Crippen molar-refractivity contribution in [1.82, 2.24) is 27.9 Å². The summed E-state index contributed by atoms with van der Waals surface area (Å²) in [4.78, 5) is 21.8. The van der Waals surface area contributed by atoms with Crippen molar-refractivity contribution in [3.05, 3.63) is 407 Å². The maximum Gasteiger partial charge on any atom is 0.247 e. The molecule has 0 fully saturated rings. The Labute approximate surface area is 780 Å². The molecule has 0 bridgehead atoms. The van der Waals surface area contributed by atoms with Crippen molar-refractivity contribution in [2.24, 2.45) is 0 Å². The van der Waals surface area contributed by atoms with E-state index in [0.717, 1.165) is 130 Å². The number of aryl methyl sites for hydroxylation is 1. The Balaban J connectivity index is 0.693.